The van der Waals surface area contributed by atoms with Gasteiger partial charge in [-0.1, -0.05) is 6.92 Å². The largest absolute Gasteiger partial charge is 0.357 e. The van der Waals surface area contributed by atoms with Crippen LogP contribution in [0.15, 0.2) is 23.7 Å². The molecule has 23 heavy (non-hydrogen) atoms. The highest BCUT2D eigenvalue weighted by atomic mass is 32.1. The van der Waals surface area contributed by atoms with Crippen molar-refractivity contribution in [1.29, 1.82) is 0 Å². The minimum Gasteiger partial charge on any atom is -0.357 e. The molecule has 3 heterocycles. The topological polar surface area (TPSA) is 45.2 Å². The van der Waals surface area contributed by atoms with Crippen molar-refractivity contribution >= 4 is 28.7 Å². The molecule has 5 heteroatoms. The van der Waals surface area contributed by atoms with Gasteiger partial charge in [-0.2, -0.15) is 0 Å². The number of aryl methyl sites for hydroxylation is 1. The van der Waals surface area contributed by atoms with Gasteiger partial charge in [-0.3, -0.25) is 4.79 Å². The molecule has 0 aliphatic carbocycles. The van der Waals surface area contributed by atoms with Gasteiger partial charge in [0.2, 0.25) is 0 Å². The lowest BCUT2D eigenvalue weighted by Gasteiger charge is -2.31. The number of nitrogens with one attached hydrogen (secondary N) is 1. The van der Waals surface area contributed by atoms with Crippen LogP contribution in [0.25, 0.3) is 0 Å². The number of pyridine rings is 1. The van der Waals surface area contributed by atoms with Gasteiger partial charge in [-0.25, -0.2) is 4.98 Å². The fourth-order valence-corrected chi connectivity index (χ4v) is 3.69. The van der Waals surface area contributed by atoms with Gasteiger partial charge in [0, 0.05) is 23.3 Å². The molecule has 3 rings (SSSR count). The van der Waals surface area contributed by atoms with E-state index < -0.39 is 0 Å². The highest BCUT2D eigenvalue weighted by Crippen LogP contribution is 2.24. The Hall–Kier alpha value is -1.88. The summed E-state index contributed by atoms with van der Waals surface area (Å²) in [5, 5.41) is 4.85. The molecule has 4 nitrogen and oxygen atoms in total. The number of piperidine rings is 1. The summed E-state index contributed by atoms with van der Waals surface area (Å²) in [6.07, 6.45) is 4.19. The van der Waals surface area contributed by atoms with Crippen LogP contribution in [0.4, 0.5) is 11.5 Å². The highest BCUT2D eigenvalue weighted by Gasteiger charge is 2.17. The summed E-state index contributed by atoms with van der Waals surface area (Å²) in [6.45, 7) is 8.45. The SMILES string of the molecule is Cc1scc(C(=O)Nc2ccc(N3CCC(C)CC3)nc2)c1C. The molecule has 0 unspecified atom stereocenters. The standard InChI is InChI=1S/C18H23N3OS/c1-12-6-8-21(9-7-12)17-5-4-15(10-19-17)20-18(22)16-11-23-14(3)13(16)2/h4-5,10-12H,6-9H2,1-3H3,(H,20,22). The lowest BCUT2D eigenvalue weighted by molar-refractivity contribution is 0.102. The van der Waals surface area contributed by atoms with E-state index in [1.807, 2.05) is 31.4 Å². The van der Waals surface area contributed by atoms with Crippen molar-refractivity contribution in [3.05, 3.63) is 39.7 Å². The van der Waals surface area contributed by atoms with E-state index in [1.54, 1.807) is 17.5 Å². The van der Waals surface area contributed by atoms with Crippen molar-refractivity contribution in [3.8, 4) is 0 Å². The molecule has 1 aliphatic rings. The summed E-state index contributed by atoms with van der Waals surface area (Å²) in [5.41, 5.74) is 2.55. The molecule has 1 amide bonds. The Balaban J connectivity index is 1.65. The van der Waals surface area contributed by atoms with Gasteiger partial charge in [-0.15, -0.1) is 11.3 Å². The zero-order chi connectivity index (χ0) is 16.4. The predicted octanol–water partition coefficient (Wildman–Crippen LogP) is 4.25. The van der Waals surface area contributed by atoms with Gasteiger partial charge in [0.1, 0.15) is 5.82 Å². The third-order valence-corrected chi connectivity index (χ3v) is 5.66. The van der Waals surface area contributed by atoms with E-state index >= 15 is 0 Å². The summed E-state index contributed by atoms with van der Waals surface area (Å²) in [4.78, 5) is 20.3. The first-order chi connectivity index (χ1) is 11.0. The zero-order valence-electron chi connectivity index (χ0n) is 13.9. The molecular formula is C18H23N3OS. The van der Waals surface area contributed by atoms with Crippen LogP contribution >= 0.6 is 11.3 Å². The van der Waals surface area contributed by atoms with E-state index in [4.69, 9.17) is 0 Å². The molecule has 1 fully saturated rings. The van der Waals surface area contributed by atoms with E-state index in [2.05, 4.69) is 22.1 Å². The van der Waals surface area contributed by atoms with Crippen molar-refractivity contribution in [2.24, 2.45) is 5.92 Å². The molecular weight excluding hydrogens is 306 g/mol. The van der Waals surface area contributed by atoms with Crippen molar-refractivity contribution in [2.75, 3.05) is 23.3 Å². The monoisotopic (exact) mass is 329 g/mol. The summed E-state index contributed by atoms with van der Waals surface area (Å²) in [5.74, 6) is 1.74. The maximum atomic E-state index is 12.3. The molecule has 1 aliphatic heterocycles. The van der Waals surface area contributed by atoms with Crippen LogP contribution in [0.1, 0.15) is 40.6 Å². The molecule has 0 aromatic carbocycles. The Bertz CT molecular complexity index is 685. The lowest BCUT2D eigenvalue weighted by atomic mass is 9.99. The Morgan fingerprint density at radius 2 is 2.04 bits per heavy atom. The van der Waals surface area contributed by atoms with E-state index in [1.165, 1.54) is 17.7 Å². The van der Waals surface area contributed by atoms with Crippen molar-refractivity contribution in [2.45, 2.75) is 33.6 Å². The van der Waals surface area contributed by atoms with Crippen LogP contribution in [-0.2, 0) is 0 Å². The molecule has 0 spiro atoms. The number of hydrogen-bond donors (Lipinski definition) is 1. The first-order valence-corrected chi connectivity index (χ1v) is 8.99. The molecule has 0 saturated carbocycles. The number of aromatic nitrogens is 1. The maximum Gasteiger partial charge on any atom is 0.256 e. The number of hydrogen-bond acceptors (Lipinski definition) is 4. The summed E-state index contributed by atoms with van der Waals surface area (Å²) < 4.78 is 0. The Kier molecular flexibility index (Phi) is 4.66. The minimum atomic E-state index is -0.0619. The Morgan fingerprint density at radius 3 is 2.61 bits per heavy atom. The van der Waals surface area contributed by atoms with Gasteiger partial charge >= 0.3 is 0 Å². The van der Waals surface area contributed by atoms with Gasteiger partial charge in [0.15, 0.2) is 0 Å². The van der Waals surface area contributed by atoms with Crippen LogP contribution < -0.4 is 10.2 Å². The van der Waals surface area contributed by atoms with E-state index in [0.717, 1.165) is 41.6 Å². The van der Waals surface area contributed by atoms with Crippen LogP contribution in [0.2, 0.25) is 0 Å². The molecule has 0 bridgehead atoms. The lowest BCUT2D eigenvalue weighted by Crippen LogP contribution is -2.33. The second-order valence-corrected chi connectivity index (χ2v) is 7.44. The van der Waals surface area contributed by atoms with Crippen molar-refractivity contribution in [3.63, 3.8) is 0 Å². The third-order valence-electron chi connectivity index (χ3n) is 4.64. The van der Waals surface area contributed by atoms with Crippen LogP contribution in [0, 0.1) is 19.8 Å². The average Bonchev–Trinajstić information content (AvgIpc) is 2.89. The minimum absolute atomic E-state index is 0.0619. The summed E-state index contributed by atoms with van der Waals surface area (Å²) in [7, 11) is 0. The molecule has 0 radical (unpaired) electrons. The van der Waals surface area contributed by atoms with Crippen molar-refractivity contribution in [1.82, 2.24) is 4.98 Å². The molecule has 2 aromatic rings. The molecule has 1 saturated heterocycles. The number of nitrogens with zero attached hydrogens (tertiary/aromatic N) is 2. The van der Waals surface area contributed by atoms with E-state index in [-0.39, 0.29) is 5.91 Å². The number of amides is 1. The second kappa shape index (κ2) is 6.71. The van der Waals surface area contributed by atoms with Gasteiger partial charge < -0.3 is 10.2 Å². The predicted molar refractivity (Wildman–Crippen MR) is 96.6 cm³/mol. The zero-order valence-corrected chi connectivity index (χ0v) is 14.7. The first kappa shape index (κ1) is 16.0. The fraction of sp³-hybridized carbons (Fsp3) is 0.444. The molecule has 122 valence electrons. The number of anilines is 2. The van der Waals surface area contributed by atoms with Crippen LogP contribution in [0.3, 0.4) is 0 Å². The second-order valence-electron chi connectivity index (χ2n) is 6.36. The molecule has 0 atom stereocenters. The number of thiophene rings is 1. The Labute approximate surface area is 141 Å². The van der Waals surface area contributed by atoms with Crippen LogP contribution in [-0.4, -0.2) is 24.0 Å². The number of carbonyl (C=O) groups is 1. The van der Waals surface area contributed by atoms with Crippen molar-refractivity contribution < 1.29 is 4.79 Å². The van der Waals surface area contributed by atoms with Gasteiger partial charge in [0.05, 0.1) is 17.4 Å². The summed E-state index contributed by atoms with van der Waals surface area (Å²) >= 11 is 1.61. The van der Waals surface area contributed by atoms with Crippen LogP contribution in [0.5, 0.6) is 0 Å². The Morgan fingerprint density at radius 1 is 1.30 bits per heavy atom. The number of carbonyl (C=O) groups excluding carboxylic acids is 1. The van der Waals surface area contributed by atoms with E-state index in [9.17, 15) is 4.79 Å². The highest BCUT2D eigenvalue weighted by molar-refractivity contribution is 7.10. The quantitative estimate of drug-likeness (QED) is 0.915. The fourth-order valence-electron chi connectivity index (χ4n) is 2.82. The van der Waals surface area contributed by atoms with Gasteiger partial charge in [-0.05, 0) is 50.3 Å². The molecule has 2 aromatic heterocycles. The normalized spacial score (nSPS) is 15.7. The number of rotatable bonds is 3. The maximum absolute atomic E-state index is 12.3. The smallest absolute Gasteiger partial charge is 0.256 e. The first-order valence-electron chi connectivity index (χ1n) is 8.11. The molecule has 1 N–H and O–H groups in total. The summed E-state index contributed by atoms with van der Waals surface area (Å²) in [6, 6.07) is 3.93. The third kappa shape index (κ3) is 3.55. The van der Waals surface area contributed by atoms with Gasteiger partial charge in [0.25, 0.3) is 5.91 Å². The average molecular weight is 329 g/mol. The van der Waals surface area contributed by atoms with E-state index in [0.29, 0.717) is 0 Å².